The first-order chi connectivity index (χ1) is 12.8. The number of nitrogens with one attached hydrogen (secondary N) is 1. The van der Waals surface area contributed by atoms with E-state index in [1.54, 1.807) is 6.07 Å². The molecule has 138 valence electrons. The third-order valence-electron chi connectivity index (χ3n) is 5.39. The molecule has 0 unspecified atom stereocenters. The molecule has 26 heavy (non-hydrogen) atoms. The number of benzene rings is 1. The molecule has 0 saturated carbocycles. The van der Waals surface area contributed by atoms with Crippen molar-refractivity contribution in [2.24, 2.45) is 5.92 Å². The monoisotopic (exact) mass is 372 g/mol. The Morgan fingerprint density at radius 3 is 2.85 bits per heavy atom. The van der Waals surface area contributed by atoms with Gasteiger partial charge in [-0.05, 0) is 54.0 Å². The maximum atomic E-state index is 5.79. The molecule has 0 amide bonds. The summed E-state index contributed by atoms with van der Waals surface area (Å²) in [6, 6.07) is 10.3. The summed E-state index contributed by atoms with van der Waals surface area (Å²) in [5.41, 5.74) is 4.31. The second kappa shape index (κ2) is 8.33. The molecular formula is C20H25ClN4O. The highest BCUT2D eigenvalue weighted by Gasteiger charge is 2.22. The molecule has 0 aliphatic carbocycles. The van der Waals surface area contributed by atoms with Crippen LogP contribution in [-0.4, -0.2) is 41.4 Å². The lowest BCUT2D eigenvalue weighted by Crippen LogP contribution is -2.36. The topological polar surface area (TPSA) is 50.3 Å². The summed E-state index contributed by atoms with van der Waals surface area (Å²) in [5.74, 6) is 1.54. The Morgan fingerprint density at radius 1 is 1.15 bits per heavy atom. The first kappa shape index (κ1) is 17.7. The normalized spacial score (nSPS) is 18.5. The maximum Gasteiger partial charge on any atom is 0.151 e. The first-order valence-electron chi connectivity index (χ1n) is 9.41. The van der Waals surface area contributed by atoms with Crippen LogP contribution in [0.3, 0.4) is 0 Å². The van der Waals surface area contributed by atoms with E-state index in [1.165, 1.54) is 36.1 Å². The summed E-state index contributed by atoms with van der Waals surface area (Å²) >= 11 is 5.79. The van der Waals surface area contributed by atoms with Crippen LogP contribution in [0.5, 0.6) is 0 Å². The standard InChI is InChI=1S/C20H25ClN4O/c21-19-4-5-20(24-23-19)22-12-16-2-1-3-17-14-25(9-6-18(16)17)13-15-7-10-26-11-8-15/h1-5,15H,6-14H2,(H,22,24). The molecule has 1 aromatic carbocycles. The minimum Gasteiger partial charge on any atom is -0.381 e. The molecule has 1 N–H and O–H groups in total. The highest BCUT2D eigenvalue weighted by atomic mass is 35.5. The average Bonchev–Trinajstić information content (AvgIpc) is 2.68. The highest BCUT2D eigenvalue weighted by Crippen LogP contribution is 2.25. The van der Waals surface area contributed by atoms with Crippen molar-refractivity contribution < 1.29 is 4.74 Å². The highest BCUT2D eigenvalue weighted by molar-refractivity contribution is 6.29. The van der Waals surface area contributed by atoms with Crippen molar-refractivity contribution in [3.8, 4) is 0 Å². The van der Waals surface area contributed by atoms with Gasteiger partial charge in [0.2, 0.25) is 0 Å². The number of aromatic nitrogens is 2. The van der Waals surface area contributed by atoms with Gasteiger partial charge in [0.25, 0.3) is 0 Å². The predicted molar refractivity (Wildman–Crippen MR) is 103 cm³/mol. The van der Waals surface area contributed by atoms with E-state index < -0.39 is 0 Å². The van der Waals surface area contributed by atoms with E-state index in [-0.39, 0.29) is 0 Å². The lowest BCUT2D eigenvalue weighted by Gasteiger charge is -2.34. The predicted octanol–water partition coefficient (Wildman–Crippen LogP) is 3.53. The molecule has 0 radical (unpaired) electrons. The Hall–Kier alpha value is -1.69. The summed E-state index contributed by atoms with van der Waals surface area (Å²) in [6.45, 7) is 6.02. The molecule has 1 saturated heterocycles. The first-order valence-corrected chi connectivity index (χ1v) is 9.78. The second-order valence-corrected chi connectivity index (χ2v) is 7.58. The van der Waals surface area contributed by atoms with E-state index in [2.05, 4.69) is 38.6 Å². The van der Waals surface area contributed by atoms with E-state index in [0.717, 1.165) is 51.0 Å². The van der Waals surface area contributed by atoms with Crippen LogP contribution >= 0.6 is 11.6 Å². The maximum absolute atomic E-state index is 5.79. The molecular weight excluding hydrogens is 348 g/mol. The van der Waals surface area contributed by atoms with Crippen LogP contribution in [0.2, 0.25) is 5.15 Å². The summed E-state index contributed by atoms with van der Waals surface area (Å²) in [6.07, 6.45) is 3.52. The molecule has 0 atom stereocenters. The minimum absolute atomic E-state index is 0.414. The molecule has 0 bridgehead atoms. The van der Waals surface area contributed by atoms with Crippen molar-refractivity contribution in [3.05, 3.63) is 52.2 Å². The van der Waals surface area contributed by atoms with Crippen molar-refractivity contribution >= 4 is 17.4 Å². The van der Waals surface area contributed by atoms with Gasteiger partial charge in [-0.3, -0.25) is 4.90 Å². The van der Waals surface area contributed by atoms with Crippen LogP contribution in [0.1, 0.15) is 29.5 Å². The molecule has 2 aliphatic rings. The lowest BCUT2D eigenvalue weighted by molar-refractivity contribution is 0.0506. The Labute approximate surface area is 159 Å². The van der Waals surface area contributed by atoms with E-state index in [1.807, 2.05) is 6.07 Å². The summed E-state index contributed by atoms with van der Waals surface area (Å²) in [4.78, 5) is 2.61. The number of fused-ring (bicyclic) bond motifs is 1. The van der Waals surface area contributed by atoms with Gasteiger partial charge in [-0.25, -0.2) is 0 Å². The fraction of sp³-hybridized carbons (Fsp3) is 0.500. The third kappa shape index (κ3) is 4.34. The number of anilines is 1. The van der Waals surface area contributed by atoms with Gasteiger partial charge in [0.15, 0.2) is 5.15 Å². The summed E-state index contributed by atoms with van der Waals surface area (Å²) in [7, 11) is 0. The van der Waals surface area contributed by atoms with Gasteiger partial charge in [0, 0.05) is 39.4 Å². The quantitative estimate of drug-likeness (QED) is 0.870. The Bertz CT molecular complexity index is 731. The van der Waals surface area contributed by atoms with Crippen LogP contribution in [0.4, 0.5) is 5.82 Å². The van der Waals surface area contributed by atoms with Crippen LogP contribution in [0.25, 0.3) is 0 Å². The van der Waals surface area contributed by atoms with E-state index in [4.69, 9.17) is 16.3 Å². The van der Waals surface area contributed by atoms with Crippen molar-refractivity contribution in [3.63, 3.8) is 0 Å². The molecule has 2 aliphatic heterocycles. The van der Waals surface area contributed by atoms with Crippen molar-refractivity contribution in [1.82, 2.24) is 15.1 Å². The largest absolute Gasteiger partial charge is 0.381 e. The summed E-state index contributed by atoms with van der Waals surface area (Å²) < 4.78 is 5.49. The smallest absolute Gasteiger partial charge is 0.151 e. The van der Waals surface area contributed by atoms with Gasteiger partial charge in [-0.15, -0.1) is 10.2 Å². The Kier molecular flexibility index (Phi) is 5.68. The second-order valence-electron chi connectivity index (χ2n) is 7.19. The van der Waals surface area contributed by atoms with Gasteiger partial charge in [0.05, 0.1) is 0 Å². The summed E-state index contributed by atoms with van der Waals surface area (Å²) in [5, 5.41) is 11.7. The van der Waals surface area contributed by atoms with Crippen molar-refractivity contribution in [1.29, 1.82) is 0 Å². The SMILES string of the molecule is Clc1ccc(NCc2cccc3c2CCN(CC2CCOCC2)C3)nn1. The average molecular weight is 373 g/mol. The van der Waals surface area contributed by atoms with Gasteiger partial charge >= 0.3 is 0 Å². The Balaban J connectivity index is 1.39. The van der Waals surface area contributed by atoms with Crippen molar-refractivity contribution in [2.45, 2.75) is 32.4 Å². The number of rotatable bonds is 5. The number of nitrogens with zero attached hydrogens (tertiary/aromatic N) is 3. The van der Waals surface area contributed by atoms with E-state index in [0.29, 0.717) is 5.15 Å². The zero-order valence-corrected chi connectivity index (χ0v) is 15.7. The number of ether oxygens (including phenoxy) is 1. The number of hydrogen-bond acceptors (Lipinski definition) is 5. The molecule has 1 fully saturated rings. The number of hydrogen-bond donors (Lipinski definition) is 1. The molecule has 3 heterocycles. The third-order valence-corrected chi connectivity index (χ3v) is 5.59. The van der Waals surface area contributed by atoms with Crippen LogP contribution < -0.4 is 5.32 Å². The van der Waals surface area contributed by atoms with Gasteiger partial charge in [0.1, 0.15) is 5.82 Å². The minimum atomic E-state index is 0.414. The molecule has 5 nitrogen and oxygen atoms in total. The van der Waals surface area contributed by atoms with Crippen LogP contribution in [-0.2, 0) is 24.2 Å². The fourth-order valence-electron chi connectivity index (χ4n) is 3.96. The van der Waals surface area contributed by atoms with Gasteiger partial charge < -0.3 is 10.1 Å². The molecule has 0 spiro atoms. The van der Waals surface area contributed by atoms with Crippen molar-refractivity contribution in [2.75, 3.05) is 31.6 Å². The van der Waals surface area contributed by atoms with E-state index >= 15 is 0 Å². The Morgan fingerprint density at radius 2 is 2.04 bits per heavy atom. The number of halogens is 1. The molecule has 1 aromatic heterocycles. The zero-order chi connectivity index (χ0) is 17.8. The van der Waals surface area contributed by atoms with Gasteiger partial charge in [-0.1, -0.05) is 29.8 Å². The van der Waals surface area contributed by atoms with Crippen LogP contribution in [0, 0.1) is 5.92 Å². The molecule has 2 aromatic rings. The lowest BCUT2D eigenvalue weighted by atomic mass is 9.92. The van der Waals surface area contributed by atoms with Gasteiger partial charge in [-0.2, -0.15) is 0 Å². The van der Waals surface area contributed by atoms with Crippen LogP contribution in [0.15, 0.2) is 30.3 Å². The molecule has 6 heteroatoms. The molecule has 4 rings (SSSR count). The fourth-order valence-corrected chi connectivity index (χ4v) is 4.06. The zero-order valence-electron chi connectivity index (χ0n) is 15.0. The van der Waals surface area contributed by atoms with E-state index in [9.17, 15) is 0 Å².